The first-order chi connectivity index (χ1) is 14.1. The fourth-order valence-corrected chi connectivity index (χ4v) is 4.39. The van der Waals surface area contributed by atoms with E-state index in [1.807, 2.05) is 24.3 Å². The smallest absolute Gasteiger partial charge is 0.255 e. The molecule has 2 aliphatic rings. The van der Waals surface area contributed by atoms with Gasteiger partial charge in [0.25, 0.3) is 5.91 Å². The maximum Gasteiger partial charge on any atom is 0.255 e. The van der Waals surface area contributed by atoms with Gasteiger partial charge in [0.05, 0.1) is 18.7 Å². The van der Waals surface area contributed by atoms with Crippen molar-refractivity contribution in [3.05, 3.63) is 59.2 Å². The summed E-state index contributed by atoms with van der Waals surface area (Å²) in [6.07, 6.45) is 2.50. The number of likely N-dealkylation sites (tertiary alicyclic amines) is 1. The van der Waals surface area contributed by atoms with Crippen molar-refractivity contribution in [2.24, 2.45) is 0 Å². The fraction of sp³-hybridized carbons (Fsp3) is 0.458. The lowest BCUT2D eigenvalue weighted by molar-refractivity contribution is 0.0933. The van der Waals surface area contributed by atoms with Crippen LogP contribution in [0.1, 0.15) is 60.1 Å². The maximum absolute atomic E-state index is 13.0. The summed E-state index contributed by atoms with van der Waals surface area (Å²) in [5.74, 6) is 1.82. The van der Waals surface area contributed by atoms with Gasteiger partial charge in [-0.1, -0.05) is 31.2 Å². The number of hydrogen-bond donors (Lipinski definition) is 1. The molecule has 0 aromatic heterocycles. The first-order valence-electron chi connectivity index (χ1n) is 10.5. The van der Waals surface area contributed by atoms with Crippen molar-refractivity contribution in [2.45, 2.75) is 44.8 Å². The van der Waals surface area contributed by atoms with Gasteiger partial charge >= 0.3 is 0 Å². The summed E-state index contributed by atoms with van der Waals surface area (Å²) in [5, 5.41) is 3.17. The van der Waals surface area contributed by atoms with Crippen LogP contribution in [0.4, 0.5) is 0 Å². The van der Waals surface area contributed by atoms with E-state index in [2.05, 4.69) is 42.3 Å². The highest BCUT2D eigenvalue weighted by Crippen LogP contribution is 2.40. The molecule has 0 bridgehead atoms. The van der Waals surface area contributed by atoms with E-state index in [0.717, 1.165) is 30.2 Å². The molecule has 5 nitrogen and oxygen atoms in total. The summed E-state index contributed by atoms with van der Waals surface area (Å²) in [6.45, 7) is 6.89. The molecule has 2 heterocycles. The Bertz CT molecular complexity index is 859. The standard InChI is InChI=1S/C24H30N2O3/c1-16-17(2)29-23-20(16)7-6-8-21(23)24(27)25-15-22(26-13-4-5-14-26)18-9-11-19(28-3)12-10-18/h6-12,16-17,22H,4-5,13-15H2,1-3H3,(H,25,27). The Balaban J connectivity index is 1.51. The van der Waals surface area contributed by atoms with Gasteiger partial charge in [0.1, 0.15) is 17.6 Å². The van der Waals surface area contributed by atoms with E-state index < -0.39 is 0 Å². The SMILES string of the molecule is COc1ccc(C(CNC(=O)c2cccc3c2OC(C)C3C)N2CCCC2)cc1. The summed E-state index contributed by atoms with van der Waals surface area (Å²) < 4.78 is 11.3. The van der Waals surface area contributed by atoms with Gasteiger partial charge < -0.3 is 14.8 Å². The van der Waals surface area contributed by atoms with Crippen LogP contribution in [-0.4, -0.2) is 43.7 Å². The van der Waals surface area contributed by atoms with Crippen LogP contribution in [0.3, 0.4) is 0 Å². The molecule has 2 aromatic rings. The van der Waals surface area contributed by atoms with Gasteiger partial charge in [-0.15, -0.1) is 0 Å². The number of para-hydroxylation sites is 1. The Hall–Kier alpha value is -2.53. The third-order valence-corrected chi connectivity index (χ3v) is 6.33. The number of nitrogens with one attached hydrogen (secondary N) is 1. The molecule has 1 N–H and O–H groups in total. The first kappa shape index (κ1) is 19.8. The molecule has 0 aliphatic carbocycles. The van der Waals surface area contributed by atoms with Crippen molar-refractivity contribution in [2.75, 3.05) is 26.7 Å². The molecule has 1 amide bonds. The molecule has 2 aromatic carbocycles. The van der Waals surface area contributed by atoms with E-state index >= 15 is 0 Å². The zero-order chi connectivity index (χ0) is 20.4. The van der Waals surface area contributed by atoms with E-state index in [-0.39, 0.29) is 18.1 Å². The summed E-state index contributed by atoms with van der Waals surface area (Å²) in [7, 11) is 1.68. The summed E-state index contributed by atoms with van der Waals surface area (Å²) in [6, 6.07) is 14.2. The third kappa shape index (κ3) is 3.97. The highest BCUT2D eigenvalue weighted by Gasteiger charge is 2.31. The lowest BCUT2D eigenvalue weighted by Gasteiger charge is -2.28. The van der Waals surface area contributed by atoms with Crippen LogP contribution in [0.2, 0.25) is 0 Å². The topological polar surface area (TPSA) is 50.8 Å². The number of nitrogens with zero attached hydrogens (tertiary/aromatic N) is 1. The van der Waals surface area contributed by atoms with E-state index in [9.17, 15) is 4.79 Å². The minimum atomic E-state index is -0.0686. The molecule has 5 heteroatoms. The van der Waals surface area contributed by atoms with E-state index in [1.165, 1.54) is 18.4 Å². The van der Waals surface area contributed by atoms with Crippen molar-refractivity contribution in [3.8, 4) is 11.5 Å². The highest BCUT2D eigenvalue weighted by molar-refractivity contribution is 5.97. The quantitative estimate of drug-likeness (QED) is 0.800. The second-order valence-electron chi connectivity index (χ2n) is 8.08. The van der Waals surface area contributed by atoms with Gasteiger partial charge in [0.2, 0.25) is 0 Å². The normalized spacial score (nSPS) is 22.0. The average molecular weight is 395 g/mol. The largest absolute Gasteiger partial charge is 0.497 e. The molecule has 3 unspecified atom stereocenters. The predicted molar refractivity (Wildman–Crippen MR) is 114 cm³/mol. The number of fused-ring (bicyclic) bond motifs is 1. The number of amides is 1. The van der Waals surface area contributed by atoms with Crippen molar-refractivity contribution in [1.82, 2.24) is 10.2 Å². The predicted octanol–water partition coefficient (Wildman–Crippen LogP) is 4.15. The van der Waals surface area contributed by atoms with Crippen LogP contribution < -0.4 is 14.8 Å². The second kappa shape index (κ2) is 8.46. The van der Waals surface area contributed by atoms with Crippen molar-refractivity contribution < 1.29 is 14.3 Å². The zero-order valence-corrected chi connectivity index (χ0v) is 17.5. The molecule has 29 heavy (non-hydrogen) atoms. The number of carbonyl (C=O) groups is 1. The molecule has 0 saturated carbocycles. The summed E-state index contributed by atoms with van der Waals surface area (Å²) >= 11 is 0. The Labute approximate surface area is 173 Å². The van der Waals surface area contributed by atoms with Gasteiger partial charge in [0, 0.05) is 18.0 Å². The Morgan fingerprint density at radius 1 is 1.17 bits per heavy atom. The van der Waals surface area contributed by atoms with Crippen LogP contribution >= 0.6 is 0 Å². The minimum Gasteiger partial charge on any atom is -0.497 e. The maximum atomic E-state index is 13.0. The van der Waals surface area contributed by atoms with Gasteiger partial charge in [-0.05, 0) is 56.6 Å². The molecule has 0 radical (unpaired) electrons. The van der Waals surface area contributed by atoms with Crippen LogP contribution in [0.15, 0.2) is 42.5 Å². The van der Waals surface area contributed by atoms with Crippen LogP contribution in [0.5, 0.6) is 11.5 Å². The minimum absolute atomic E-state index is 0.0686. The number of rotatable bonds is 6. The van der Waals surface area contributed by atoms with Crippen LogP contribution in [0, 0.1) is 0 Å². The highest BCUT2D eigenvalue weighted by atomic mass is 16.5. The van der Waals surface area contributed by atoms with Crippen LogP contribution in [0.25, 0.3) is 0 Å². The van der Waals surface area contributed by atoms with E-state index in [0.29, 0.717) is 18.0 Å². The molecular weight excluding hydrogens is 364 g/mol. The average Bonchev–Trinajstić information content (AvgIpc) is 3.37. The Morgan fingerprint density at radius 2 is 1.90 bits per heavy atom. The number of ether oxygens (including phenoxy) is 2. The lowest BCUT2D eigenvalue weighted by Crippen LogP contribution is -2.36. The Morgan fingerprint density at radius 3 is 2.59 bits per heavy atom. The summed E-state index contributed by atoms with van der Waals surface area (Å²) in [4.78, 5) is 15.5. The molecule has 1 fully saturated rings. The van der Waals surface area contributed by atoms with Gasteiger partial charge in [0.15, 0.2) is 0 Å². The van der Waals surface area contributed by atoms with Crippen LogP contribution in [-0.2, 0) is 0 Å². The Kier molecular flexibility index (Phi) is 5.76. The summed E-state index contributed by atoms with van der Waals surface area (Å²) in [5.41, 5.74) is 2.95. The second-order valence-corrected chi connectivity index (χ2v) is 8.08. The number of benzene rings is 2. The van der Waals surface area contributed by atoms with Crippen molar-refractivity contribution >= 4 is 5.91 Å². The molecule has 2 aliphatic heterocycles. The first-order valence-corrected chi connectivity index (χ1v) is 10.5. The van der Waals surface area contributed by atoms with Crippen molar-refractivity contribution in [3.63, 3.8) is 0 Å². The third-order valence-electron chi connectivity index (χ3n) is 6.33. The molecule has 1 saturated heterocycles. The molecule has 3 atom stereocenters. The molecule has 4 rings (SSSR count). The van der Waals surface area contributed by atoms with Gasteiger partial charge in [-0.2, -0.15) is 0 Å². The van der Waals surface area contributed by atoms with E-state index in [1.54, 1.807) is 7.11 Å². The fourth-order valence-electron chi connectivity index (χ4n) is 4.39. The van der Waals surface area contributed by atoms with Gasteiger partial charge in [-0.3, -0.25) is 9.69 Å². The van der Waals surface area contributed by atoms with Gasteiger partial charge in [-0.25, -0.2) is 0 Å². The zero-order valence-electron chi connectivity index (χ0n) is 17.5. The molecule has 154 valence electrons. The molecule has 0 spiro atoms. The number of carbonyl (C=O) groups excluding carboxylic acids is 1. The monoisotopic (exact) mass is 394 g/mol. The van der Waals surface area contributed by atoms with E-state index in [4.69, 9.17) is 9.47 Å². The van der Waals surface area contributed by atoms with Crippen molar-refractivity contribution in [1.29, 1.82) is 0 Å². The number of methoxy groups -OCH3 is 1. The lowest BCUT2D eigenvalue weighted by atomic mass is 9.96. The number of hydrogen-bond acceptors (Lipinski definition) is 4. The molecular formula is C24H30N2O3.